The minimum atomic E-state index is 0.804. The summed E-state index contributed by atoms with van der Waals surface area (Å²) in [7, 11) is 0. The average Bonchev–Trinajstić information content (AvgIpc) is 3.11. The van der Waals surface area contributed by atoms with E-state index >= 15 is 0 Å². The van der Waals surface area contributed by atoms with Gasteiger partial charge in [-0.1, -0.05) is 127 Å². The summed E-state index contributed by atoms with van der Waals surface area (Å²) < 4.78 is 0. The van der Waals surface area contributed by atoms with E-state index in [2.05, 4.69) is 90.4 Å². The van der Waals surface area contributed by atoms with Gasteiger partial charge in [-0.3, -0.25) is 0 Å². The molecule has 0 N–H and O–H groups in total. The molecule has 6 bridgehead atoms. The summed E-state index contributed by atoms with van der Waals surface area (Å²) in [6.45, 7) is 0. The number of hydrogen-bond acceptors (Lipinski definition) is 3. The van der Waals surface area contributed by atoms with Crippen molar-refractivity contribution >= 4 is 51.4 Å². The molecule has 4 heterocycles. The lowest BCUT2D eigenvalue weighted by Crippen LogP contribution is -1.89. The van der Waals surface area contributed by atoms with Gasteiger partial charge in [0.05, 0.1) is 33.8 Å². The lowest BCUT2D eigenvalue weighted by molar-refractivity contribution is 1.49. The molecular weight excluding hydrogens is 546 g/mol. The van der Waals surface area contributed by atoms with Gasteiger partial charge in [0.25, 0.3) is 0 Å². The van der Waals surface area contributed by atoms with Gasteiger partial charge in [0.15, 0.2) is 0 Å². The first-order valence-electron chi connectivity index (χ1n) is 14.8. The molecule has 0 unspecified atom stereocenters. The van der Waals surface area contributed by atoms with Crippen LogP contribution in [0.25, 0.3) is 16.7 Å². The molecule has 0 amide bonds. The van der Waals surface area contributed by atoms with Gasteiger partial charge in [0.2, 0.25) is 0 Å². The zero-order chi connectivity index (χ0) is 30.3. The predicted octanol–water partition coefficient (Wildman–Crippen LogP) is 10.3. The molecule has 210 valence electrons. The van der Waals surface area contributed by atoms with Gasteiger partial charge in [-0.2, -0.15) is 0 Å². The molecule has 0 aliphatic carbocycles. The Labute approximate surface area is 263 Å². The molecule has 45 heavy (non-hydrogen) atoms. The highest BCUT2D eigenvalue weighted by Gasteiger charge is 2.09. The first-order valence-corrected chi connectivity index (χ1v) is 14.8. The highest BCUT2D eigenvalue weighted by molar-refractivity contribution is 6.02. The third-order valence-corrected chi connectivity index (χ3v) is 7.55. The fraction of sp³-hybridized carbons (Fsp3) is 0. The van der Waals surface area contributed by atoms with E-state index in [1.54, 1.807) is 0 Å². The molecule has 0 radical (unpaired) electrons. The van der Waals surface area contributed by atoms with Crippen molar-refractivity contribution in [3.63, 3.8) is 0 Å². The molecule has 6 aromatic carbocycles. The largest absolute Gasteiger partial charge is 0.206 e. The van der Waals surface area contributed by atoms with Crippen LogP contribution in [0.2, 0.25) is 0 Å². The molecule has 3 heteroatoms. The van der Waals surface area contributed by atoms with Crippen LogP contribution in [0.1, 0.15) is 33.4 Å². The number of nitrogens with zero attached hydrogens (tertiary/aromatic N) is 3. The first-order chi connectivity index (χ1) is 22.3. The Balaban J connectivity index is 1.44. The van der Waals surface area contributed by atoms with Crippen molar-refractivity contribution < 1.29 is 0 Å². The van der Waals surface area contributed by atoms with Crippen molar-refractivity contribution in [2.45, 2.75) is 0 Å². The van der Waals surface area contributed by atoms with Gasteiger partial charge < -0.3 is 0 Å². The van der Waals surface area contributed by atoms with E-state index in [1.165, 1.54) is 0 Å². The summed E-state index contributed by atoms with van der Waals surface area (Å²) in [5.74, 6) is 10.0. The summed E-state index contributed by atoms with van der Waals surface area (Å²) in [6.07, 6.45) is 0. The summed E-state index contributed by atoms with van der Waals surface area (Å²) in [4.78, 5) is 14.3. The van der Waals surface area contributed by atoms with Crippen LogP contribution in [0.5, 0.6) is 0 Å². The van der Waals surface area contributed by atoms with Crippen molar-refractivity contribution in [2.75, 3.05) is 0 Å². The third-order valence-electron chi connectivity index (χ3n) is 7.55. The average molecular weight is 574 g/mol. The Morgan fingerprint density at radius 2 is 0.467 bits per heavy atom. The number of fused-ring (bicyclic) bond motifs is 3. The van der Waals surface area contributed by atoms with Crippen LogP contribution in [-0.2, 0) is 0 Å². The maximum absolute atomic E-state index is 4.76. The molecule has 6 aromatic rings. The van der Waals surface area contributed by atoms with Crippen molar-refractivity contribution in [2.24, 2.45) is 15.0 Å². The molecule has 0 spiro atoms. The summed E-state index contributed by atoms with van der Waals surface area (Å²) in [5, 5.41) is 0. The van der Waals surface area contributed by atoms with E-state index in [4.69, 9.17) is 15.0 Å². The van der Waals surface area contributed by atoms with E-state index in [9.17, 15) is 0 Å². The zero-order valence-electron chi connectivity index (χ0n) is 24.4. The van der Waals surface area contributed by atoms with Crippen LogP contribution in [0.3, 0.4) is 0 Å². The van der Waals surface area contributed by atoms with Crippen LogP contribution >= 0.6 is 0 Å². The number of hydrogen-bond donors (Lipinski definition) is 0. The van der Waals surface area contributed by atoms with Crippen molar-refractivity contribution in [3.05, 3.63) is 197 Å². The quantitative estimate of drug-likeness (QED) is 0.202. The fourth-order valence-corrected chi connectivity index (χ4v) is 5.17. The third kappa shape index (κ3) is 6.38. The number of benzene rings is 6. The van der Waals surface area contributed by atoms with Gasteiger partial charge in [0, 0.05) is 0 Å². The molecule has 10 rings (SSSR count). The molecule has 0 aromatic heterocycles. The van der Waals surface area contributed by atoms with E-state index in [0.717, 1.165) is 67.2 Å². The molecule has 0 saturated carbocycles. The molecule has 0 fully saturated rings. The van der Waals surface area contributed by atoms with Gasteiger partial charge in [-0.05, 0) is 87.4 Å². The molecular formula is C42H27N3. The van der Waals surface area contributed by atoms with Crippen LogP contribution in [0, 0.1) is 0 Å². The Bertz CT molecular complexity index is 1890. The SMILES string of the molecule is C1=Nc2ccc(cc2)C(c2ccccc2)=C=Nc2ccc(cc2)C(c2ccccc2)=C=Nc2ccc(cc2)C=1c1ccccc1. The number of aliphatic imine (C=N–C) groups is 3. The van der Waals surface area contributed by atoms with E-state index < -0.39 is 0 Å². The molecule has 3 nitrogen and oxygen atoms in total. The van der Waals surface area contributed by atoms with Crippen molar-refractivity contribution in [1.82, 2.24) is 0 Å². The monoisotopic (exact) mass is 573 g/mol. The highest BCUT2D eigenvalue weighted by Crippen LogP contribution is 2.28. The van der Waals surface area contributed by atoms with E-state index in [1.807, 2.05) is 91.0 Å². The second-order valence-electron chi connectivity index (χ2n) is 10.5. The van der Waals surface area contributed by atoms with Crippen molar-refractivity contribution in [1.29, 1.82) is 0 Å². The van der Waals surface area contributed by atoms with Crippen LogP contribution in [-0.4, -0.2) is 17.6 Å². The Morgan fingerprint density at radius 3 is 0.711 bits per heavy atom. The first kappa shape index (κ1) is 27.5. The molecule has 4 aliphatic rings. The lowest BCUT2D eigenvalue weighted by Gasteiger charge is -2.06. The van der Waals surface area contributed by atoms with Gasteiger partial charge >= 0.3 is 0 Å². The summed E-state index contributed by atoms with van der Waals surface area (Å²) in [6, 6.07) is 55.0. The molecule has 4 aliphatic heterocycles. The van der Waals surface area contributed by atoms with Crippen LogP contribution in [0.15, 0.2) is 179 Å². The normalized spacial score (nSPS) is 12.4. The minimum absolute atomic E-state index is 0.804. The standard InChI is InChI=1S/C42H27N3/c1-4-10-31(11-5-1)40-28-43-37-24-18-35(19-25-37)42(33-14-8-3-9-15-33)30-45-39-26-20-36(21-27-39)41(32-12-6-2-7-13-32)29-44-38-22-16-34(40)17-23-38/h1-27H. The van der Waals surface area contributed by atoms with Crippen LogP contribution in [0.4, 0.5) is 17.1 Å². The highest BCUT2D eigenvalue weighted by atomic mass is 14.7. The molecule has 0 atom stereocenters. The maximum atomic E-state index is 4.76. The predicted molar refractivity (Wildman–Crippen MR) is 187 cm³/mol. The van der Waals surface area contributed by atoms with Gasteiger partial charge in [-0.25, -0.2) is 15.0 Å². The minimum Gasteiger partial charge on any atom is -0.206 e. The fourth-order valence-electron chi connectivity index (χ4n) is 5.17. The van der Waals surface area contributed by atoms with Crippen LogP contribution < -0.4 is 0 Å². The second kappa shape index (κ2) is 12.9. The Morgan fingerprint density at radius 1 is 0.244 bits per heavy atom. The van der Waals surface area contributed by atoms with Gasteiger partial charge in [-0.15, -0.1) is 0 Å². The van der Waals surface area contributed by atoms with Gasteiger partial charge in [0.1, 0.15) is 0 Å². The Kier molecular flexibility index (Phi) is 7.88. The Hall–Kier alpha value is -6.33. The lowest BCUT2D eigenvalue weighted by atomic mass is 9.99. The maximum Gasteiger partial charge on any atom is 0.0730 e. The summed E-state index contributed by atoms with van der Waals surface area (Å²) >= 11 is 0. The number of rotatable bonds is 3. The smallest absolute Gasteiger partial charge is 0.0730 e. The van der Waals surface area contributed by atoms with E-state index in [-0.39, 0.29) is 0 Å². The van der Waals surface area contributed by atoms with Crippen molar-refractivity contribution in [3.8, 4) is 0 Å². The second-order valence-corrected chi connectivity index (χ2v) is 10.5. The summed E-state index contributed by atoms with van der Waals surface area (Å²) in [5.41, 5.74) is 11.2. The topological polar surface area (TPSA) is 37.1 Å². The van der Waals surface area contributed by atoms with E-state index in [0.29, 0.717) is 0 Å². The zero-order valence-corrected chi connectivity index (χ0v) is 24.4. The molecule has 0 saturated heterocycles.